The van der Waals surface area contributed by atoms with Gasteiger partial charge in [0.05, 0.1) is 12.5 Å². The lowest BCUT2D eigenvalue weighted by Crippen LogP contribution is -2.49. The second kappa shape index (κ2) is 3.08. The zero-order chi connectivity index (χ0) is 8.72. The fourth-order valence-electron chi connectivity index (χ4n) is 2.31. The highest BCUT2D eigenvalue weighted by atomic mass is 35.5. The maximum Gasteiger partial charge on any atom is 0.309 e. The van der Waals surface area contributed by atoms with Crippen molar-refractivity contribution in [2.75, 3.05) is 18.4 Å². The van der Waals surface area contributed by atoms with E-state index in [1.165, 1.54) is 0 Å². The Labute approximate surface area is 81.2 Å². The fourth-order valence-corrected chi connectivity index (χ4v) is 3.19. The summed E-state index contributed by atoms with van der Waals surface area (Å²) in [5.74, 6) is 2.07. The lowest BCUT2D eigenvalue weighted by molar-refractivity contribution is -0.144. The van der Waals surface area contributed by atoms with Crippen molar-refractivity contribution >= 4 is 29.2 Å². The molecule has 68 valence electrons. The molecule has 0 N–H and O–H groups in total. The number of cyclic esters (lactones) is 1. The van der Waals surface area contributed by atoms with Gasteiger partial charge in [-0.2, -0.15) is 0 Å². The maximum absolute atomic E-state index is 11.1. The van der Waals surface area contributed by atoms with E-state index in [0.29, 0.717) is 30.2 Å². The third-order valence-electron chi connectivity index (χ3n) is 3.07. The number of carbonyl (C=O) groups excluding carboxylic acids is 1. The summed E-state index contributed by atoms with van der Waals surface area (Å²) in [6, 6.07) is 0. The largest absolute Gasteiger partial charge is 0.465 e. The van der Waals surface area contributed by atoms with Gasteiger partial charge < -0.3 is 4.74 Å². The van der Waals surface area contributed by atoms with Gasteiger partial charge >= 0.3 is 5.97 Å². The number of fused-ring (bicyclic) bond motifs is 1. The lowest BCUT2D eigenvalue weighted by atomic mass is 9.59. The van der Waals surface area contributed by atoms with Crippen molar-refractivity contribution in [1.82, 2.24) is 0 Å². The molecule has 0 aromatic heterocycles. The van der Waals surface area contributed by atoms with E-state index in [0.717, 1.165) is 0 Å². The van der Waals surface area contributed by atoms with Gasteiger partial charge in [-0.05, 0) is 11.8 Å². The maximum atomic E-state index is 11.1. The van der Waals surface area contributed by atoms with Gasteiger partial charge in [0.25, 0.3) is 0 Å². The number of carbonyl (C=O) groups is 1. The van der Waals surface area contributed by atoms with Crippen LogP contribution in [0.2, 0.25) is 0 Å². The molecule has 4 heteroatoms. The number of halogens is 2. The standard InChI is InChI=1S/C8H10Cl2O2/c9-1-4-5(2-10)7-6(4)3-12-8(7)11/h4-7H,1-3H2/t4-,5-,6+,7-/m1/s1. The highest BCUT2D eigenvalue weighted by molar-refractivity contribution is 6.19. The Bertz CT molecular complexity index is 207. The highest BCUT2D eigenvalue weighted by Gasteiger charge is 2.57. The van der Waals surface area contributed by atoms with Crippen molar-refractivity contribution in [2.45, 2.75) is 0 Å². The number of esters is 1. The van der Waals surface area contributed by atoms with E-state index in [4.69, 9.17) is 27.9 Å². The van der Waals surface area contributed by atoms with Crippen molar-refractivity contribution in [3.05, 3.63) is 0 Å². The first kappa shape index (κ1) is 8.64. The zero-order valence-corrected chi connectivity index (χ0v) is 8.02. The molecule has 1 saturated heterocycles. The van der Waals surface area contributed by atoms with Gasteiger partial charge in [0.2, 0.25) is 0 Å². The van der Waals surface area contributed by atoms with Gasteiger partial charge in [-0.3, -0.25) is 4.79 Å². The third-order valence-corrected chi connectivity index (χ3v) is 3.78. The van der Waals surface area contributed by atoms with Gasteiger partial charge in [0.15, 0.2) is 0 Å². The van der Waals surface area contributed by atoms with E-state index in [9.17, 15) is 4.79 Å². The third kappa shape index (κ3) is 0.975. The Kier molecular flexibility index (Phi) is 2.21. The monoisotopic (exact) mass is 208 g/mol. The van der Waals surface area contributed by atoms with Crippen molar-refractivity contribution in [1.29, 1.82) is 0 Å². The molecule has 1 saturated carbocycles. The minimum atomic E-state index is -0.0768. The van der Waals surface area contributed by atoms with E-state index in [1.54, 1.807) is 0 Å². The molecule has 2 nitrogen and oxygen atoms in total. The van der Waals surface area contributed by atoms with Crippen molar-refractivity contribution in [2.24, 2.45) is 23.7 Å². The normalized spacial score (nSPS) is 45.0. The smallest absolute Gasteiger partial charge is 0.309 e. The molecule has 2 rings (SSSR count). The molecule has 1 aliphatic carbocycles. The summed E-state index contributed by atoms with van der Waals surface area (Å²) >= 11 is 11.5. The van der Waals surface area contributed by atoms with Crippen LogP contribution in [0, 0.1) is 23.7 Å². The summed E-state index contributed by atoms with van der Waals surface area (Å²) in [7, 11) is 0. The molecule has 0 aromatic carbocycles. The zero-order valence-electron chi connectivity index (χ0n) is 6.50. The van der Waals surface area contributed by atoms with Crippen LogP contribution in [0.5, 0.6) is 0 Å². The first-order chi connectivity index (χ1) is 5.79. The Morgan fingerprint density at radius 3 is 2.58 bits per heavy atom. The highest BCUT2D eigenvalue weighted by Crippen LogP contribution is 2.51. The number of hydrogen-bond donors (Lipinski definition) is 0. The van der Waals surface area contributed by atoms with E-state index in [2.05, 4.69) is 0 Å². The Morgan fingerprint density at radius 2 is 2.00 bits per heavy atom. The molecule has 1 heterocycles. The number of hydrogen-bond acceptors (Lipinski definition) is 2. The van der Waals surface area contributed by atoms with Gasteiger partial charge in [-0.25, -0.2) is 0 Å². The molecule has 0 amide bonds. The van der Waals surface area contributed by atoms with Crippen LogP contribution in [0.1, 0.15) is 0 Å². The van der Waals surface area contributed by atoms with Crippen molar-refractivity contribution in [3.63, 3.8) is 0 Å². The molecule has 0 spiro atoms. The second-order valence-corrected chi connectivity index (χ2v) is 4.07. The van der Waals surface area contributed by atoms with Crippen LogP contribution in [-0.4, -0.2) is 24.3 Å². The van der Waals surface area contributed by atoms with Crippen LogP contribution < -0.4 is 0 Å². The molecule has 0 radical (unpaired) electrons. The summed E-state index contributed by atoms with van der Waals surface area (Å²) in [6.07, 6.45) is 0. The van der Waals surface area contributed by atoms with E-state index >= 15 is 0 Å². The molecule has 4 atom stereocenters. The SMILES string of the molecule is O=C1OC[C@H]2[C@H](CCl)[C@@H](CCl)[C@@H]12. The van der Waals surface area contributed by atoms with Crippen LogP contribution in [0.4, 0.5) is 0 Å². The summed E-state index contributed by atoms with van der Waals surface area (Å²) in [6.45, 7) is 0.550. The topological polar surface area (TPSA) is 26.3 Å². The van der Waals surface area contributed by atoms with E-state index in [1.807, 2.05) is 0 Å². The van der Waals surface area contributed by atoms with Crippen LogP contribution in [0.3, 0.4) is 0 Å². The molecule has 0 unspecified atom stereocenters. The average molecular weight is 209 g/mol. The Morgan fingerprint density at radius 1 is 1.33 bits per heavy atom. The Balaban J connectivity index is 2.09. The second-order valence-electron chi connectivity index (χ2n) is 3.46. The van der Waals surface area contributed by atoms with E-state index in [-0.39, 0.29) is 17.8 Å². The molecule has 0 aromatic rings. The number of ether oxygens (including phenoxy) is 1. The first-order valence-corrected chi connectivity index (χ1v) is 5.15. The molecular formula is C8H10Cl2O2. The van der Waals surface area contributed by atoms with Crippen LogP contribution in [-0.2, 0) is 9.53 Å². The van der Waals surface area contributed by atoms with Gasteiger partial charge in [0.1, 0.15) is 0 Å². The van der Waals surface area contributed by atoms with E-state index < -0.39 is 0 Å². The molecule has 0 bridgehead atoms. The quantitative estimate of drug-likeness (QED) is 0.508. The molecule has 2 fully saturated rings. The fraction of sp³-hybridized carbons (Fsp3) is 0.875. The predicted octanol–water partition coefficient (Wildman–Crippen LogP) is 1.50. The summed E-state index contributed by atoms with van der Waals surface area (Å²) < 4.78 is 4.95. The minimum absolute atomic E-state index is 0.0475. The molecule has 1 aliphatic heterocycles. The summed E-state index contributed by atoms with van der Waals surface area (Å²) in [4.78, 5) is 11.1. The Hall–Kier alpha value is 0.0500. The molecular weight excluding hydrogens is 199 g/mol. The first-order valence-electron chi connectivity index (χ1n) is 4.08. The minimum Gasteiger partial charge on any atom is -0.465 e. The van der Waals surface area contributed by atoms with Gasteiger partial charge in [-0.15, -0.1) is 23.2 Å². The number of alkyl halides is 2. The predicted molar refractivity (Wildman–Crippen MR) is 46.4 cm³/mol. The van der Waals surface area contributed by atoms with Crippen LogP contribution >= 0.6 is 23.2 Å². The lowest BCUT2D eigenvalue weighted by Gasteiger charge is -2.43. The van der Waals surface area contributed by atoms with Gasteiger partial charge in [0, 0.05) is 17.7 Å². The van der Waals surface area contributed by atoms with Gasteiger partial charge in [-0.1, -0.05) is 0 Å². The summed E-state index contributed by atoms with van der Waals surface area (Å²) in [5.41, 5.74) is 0. The summed E-state index contributed by atoms with van der Waals surface area (Å²) in [5, 5.41) is 0. The average Bonchev–Trinajstić information content (AvgIpc) is 2.31. The molecule has 12 heavy (non-hydrogen) atoms. The van der Waals surface area contributed by atoms with Crippen LogP contribution in [0.15, 0.2) is 0 Å². The number of rotatable bonds is 2. The van der Waals surface area contributed by atoms with Crippen molar-refractivity contribution < 1.29 is 9.53 Å². The van der Waals surface area contributed by atoms with Crippen LogP contribution in [0.25, 0.3) is 0 Å². The molecule has 2 aliphatic rings. The van der Waals surface area contributed by atoms with Crippen molar-refractivity contribution in [3.8, 4) is 0 Å².